The second kappa shape index (κ2) is 6.51. The highest BCUT2D eigenvalue weighted by Crippen LogP contribution is 2.16. The summed E-state index contributed by atoms with van der Waals surface area (Å²) in [6, 6.07) is 0. The zero-order valence-electron chi connectivity index (χ0n) is 10.9. The quantitative estimate of drug-likeness (QED) is 0.643. The van der Waals surface area contributed by atoms with Crippen molar-refractivity contribution < 1.29 is 15.0 Å². The van der Waals surface area contributed by atoms with E-state index in [1.165, 1.54) is 0 Å². The number of amides is 1. The number of imidazole rings is 1. The fraction of sp³-hybridized carbons (Fsp3) is 0.667. The third-order valence-electron chi connectivity index (χ3n) is 3.06. The van der Waals surface area contributed by atoms with Crippen molar-refractivity contribution in [1.29, 1.82) is 0 Å². The molecule has 0 aliphatic carbocycles. The van der Waals surface area contributed by atoms with Crippen LogP contribution in [0.4, 0.5) is 0 Å². The van der Waals surface area contributed by atoms with E-state index in [4.69, 9.17) is 5.11 Å². The van der Waals surface area contributed by atoms with Gasteiger partial charge in [-0.1, -0.05) is 6.92 Å². The summed E-state index contributed by atoms with van der Waals surface area (Å²) < 4.78 is 1.62. The molecule has 0 fully saturated rings. The van der Waals surface area contributed by atoms with E-state index < -0.39 is 5.60 Å². The van der Waals surface area contributed by atoms with Gasteiger partial charge in [0.05, 0.1) is 5.60 Å². The van der Waals surface area contributed by atoms with Crippen molar-refractivity contribution in [1.82, 2.24) is 14.9 Å². The summed E-state index contributed by atoms with van der Waals surface area (Å²) in [5.74, 6) is 0.00832. The maximum absolute atomic E-state index is 11.8. The Morgan fingerprint density at radius 3 is 2.83 bits per heavy atom. The summed E-state index contributed by atoms with van der Waals surface area (Å²) >= 11 is 0. The number of aryl methyl sites for hydroxylation is 1. The average molecular weight is 255 g/mol. The summed E-state index contributed by atoms with van der Waals surface area (Å²) in [6.45, 7) is 2.05. The normalized spacial score (nSPS) is 14.2. The highest BCUT2D eigenvalue weighted by atomic mass is 16.3. The minimum Gasteiger partial charge on any atom is -0.396 e. The van der Waals surface area contributed by atoms with Gasteiger partial charge in [0.2, 0.25) is 0 Å². The first-order valence-electron chi connectivity index (χ1n) is 6.11. The molecular weight excluding hydrogens is 234 g/mol. The Kier molecular flexibility index (Phi) is 5.30. The van der Waals surface area contributed by atoms with Crippen LogP contribution in [0.5, 0.6) is 0 Å². The number of aromatic nitrogens is 2. The van der Waals surface area contributed by atoms with Gasteiger partial charge in [0.25, 0.3) is 5.91 Å². The molecule has 0 radical (unpaired) electrons. The lowest BCUT2D eigenvalue weighted by Crippen LogP contribution is -2.43. The van der Waals surface area contributed by atoms with Crippen LogP contribution in [0.15, 0.2) is 12.4 Å². The SMILES string of the molecule is CC[C@](O)(CCCO)CNC(=O)c1nccn1C. The summed E-state index contributed by atoms with van der Waals surface area (Å²) in [5.41, 5.74) is -0.969. The van der Waals surface area contributed by atoms with Gasteiger partial charge >= 0.3 is 0 Å². The van der Waals surface area contributed by atoms with E-state index in [0.717, 1.165) is 0 Å². The summed E-state index contributed by atoms with van der Waals surface area (Å²) in [7, 11) is 1.74. The smallest absolute Gasteiger partial charge is 0.287 e. The molecule has 0 aliphatic heterocycles. The van der Waals surface area contributed by atoms with Crippen molar-refractivity contribution in [3.8, 4) is 0 Å². The number of aliphatic hydroxyl groups is 2. The first kappa shape index (κ1) is 14.7. The predicted molar refractivity (Wildman–Crippen MR) is 67.1 cm³/mol. The number of nitrogens with one attached hydrogen (secondary N) is 1. The van der Waals surface area contributed by atoms with E-state index in [9.17, 15) is 9.90 Å². The van der Waals surface area contributed by atoms with Gasteiger partial charge < -0.3 is 20.1 Å². The van der Waals surface area contributed by atoms with E-state index in [1.807, 2.05) is 6.92 Å². The summed E-state index contributed by atoms with van der Waals surface area (Å²) in [4.78, 5) is 15.7. The van der Waals surface area contributed by atoms with Crippen molar-refractivity contribution in [2.24, 2.45) is 7.05 Å². The molecule has 0 saturated carbocycles. The molecule has 0 aliphatic rings. The Hall–Kier alpha value is -1.40. The van der Waals surface area contributed by atoms with Crippen molar-refractivity contribution in [2.45, 2.75) is 31.8 Å². The van der Waals surface area contributed by atoms with Gasteiger partial charge in [-0.05, 0) is 19.3 Å². The predicted octanol–water partition coefficient (Wildman–Crippen LogP) is 0.0635. The van der Waals surface area contributed by atoms with Crippen LogP contribution in [0, 0.1) is 0 Å². The highest BCUT2D eigenvalue weighted by Gasteiger charge is 2.25. The van der Waals surface area contributed by atoms with Crippen molar-refractivity contribution >= 4 is 5.91 Å². The van der Waals surface area contributed by atoms with Gasteiger partial charge in [-0.2, -0.15) is 0 Å². The minimum atomic E-state index is -0.969. The highest BCUT2D eigenvalue weighted by molar-refractivity contribution is 5.90. The molecule has 1 aromatic rings. The number of carbonyl (C=O) groups excluding carboxylic acids is 1. The standard InChI is InChI=1S/C12H21N3O3/c1-3-12(18,5-4-8-16)9-14-11(17)10-13-6-7-15(10)2/h6-7,16,18H,3-5,8-9H2,1-2H3,(H,14,17)/t12-/m0/s1. The van der Waals surface area contributed by atoms with Crippen LogP contribution in [0.1, 0.15) is 36.8 Å². The number of hydrogen-bond donors (Lipinski definition) is 3. The van der Waals surface area contributed by atoms with E-state index in [0.29, 0.717) is 25.1 Å². The average Bonchev–Trinajstić information content (AvgIpc) is 2.80. The van der Waals surface area contributed by atoms with E-state index in [2.05, 4.69) is 10.3 Å². The number of aliphatic hydroxyl groups excluding tert-OH is 1. The van der Waals surface area contributed by atoms with Crippen molar-refractivity contribution in [3.05, 3.63) is 18.2 Å². The zero-order chi connectivity index (χ0) is 13.6. The third kappa shape index (κ3) is 3.82. The van der Waals surface area contributed by atoms with Crippen LogP contribution in [0.2, 0.25) is 0 Å². The molecule has 1 atom stereocenters. The van der Waals surface area contributed by atoms with Gasteiger partial charge in [0, 0.05) is 32.6 Å². The molecule has 0 spiro atoms. The number of nitrogens with zero attached hydrogens (tertiary/aromatic N) is 2. The third-order valence-corrected chi connectivity index (χ3v) is 3.06. The van der Waals surface area contributed by atoms with Gasteiger partial charge in [0.1, 0.15) is 0 Å². The fourth-order valence-electron chi connectivity index (χ4n) is 1.71. The molecule has 6 nitrogen and oxygen atoms in total. The molecule has 102 valence electrons. The zero-order valence-corrected chi connectivity index (χ0v) is 10.9. The number of rotatable bonds is 7. The molecule has 6 heteroatoms. The summed E-state index contributed by atoms with van der Waals surface area (Å²) in [5, 5.41) is 21.7. The Labute approximate surface area is 107 Å². The Morgan fingerprint density at radius 2 is 2.33 bits per heavy atom. The second-order valence-electron chi connectivity index (χ2n) is 4.45. The first-order valence-corrected chi connectivity index (χ1v) is 6.11. The van der Waals surface area contributed by atoms with Crippen LogP contribution in [0.3, 0.4) is 0 Å². The van der Waals surface area contributed by atoms with Crippen LogP contribution >= 0.6 is 0 Å². The van der Waals surface area contributed by atoms with E-state index in [1.54, 1.807) is 24.0 Å². The van der Waals surface area contributed by atoms with Crippen LogP contribution in [-0.2, 0) is 7.05 Å². The number of carbonyl (C=O) groups is 1. The molecule has 3 N–H and O–H groups in total. The van der Waals surface area contributed by atoms with Crippen LogP contribution < -0.4 is 5.32 Å². The minimum absolute atomic E-state index is 0.0373. The number of hydrogen-bond acceptors (Lipinski definition) is 4. The lowest BCUT2D eigenvalue weighted by Gasteiger charge is -2.26. The monoisotopic (exact) mass is 255 g/mol. The maximum Gasteiger partial charge on any atom is 0.287 e. The van der Waals surface area contributed by atoms with Crippen molar-refractivity contribution in [2.75, 3.05) is 13.2 Å². The molecule has 1 rings (SSSR count). The molecular formula is C12H21N3O3. The lowest BCUT2D eigenvalue weighted by atomic mass is 9.95. The van der Waals surface area contributed by atoms with Gasteiger partial charge in [0.15, 0.2) is 5.82 Å². The second-order valence-corrected chi connectivity index (χ2v) is 4.45. The lowest BCUT2D eigenvalue weighted by molar-refractivity contribution is 0.0211. The molecule has 0 aromatic carbocycles. The van der Waals surface area contributed by atoms with Gasteiger partial charge in [-0.25, -0.2) is 4.98 Å². The van der Waals surface area contributed by atoms with Crippen LogP contribution in [0.25, 0.3) is 0 Å². The molecule has 0 bridgehead atoms. The van der Waals surface area contributed by atoms with Crippen LogP contribution in [-0.4, -0.2) is 44.4 Å². The maximum atomic E-state index is 11.8. The Balaban J connectivity index is 2.53. The largest absolute Gasteiger partial charge is 0.396 e. The molecule has 1 aromatic heterocycles. The fourth-order valence-corrected chi connectivity index (χ4v) is 1.71. The molecule has 1 amide bonds. The molecule has 1 heterocycles. The van der Waals surface area contributed by atoms with E-state index >= 15 is 0 Å². The topological polar surface area (TPSA) is 87.4 Å². The first-order chi connectivity index (χ1) is 8.52. The Morgan fingerprint density at radius 1 is 1.61 bits per heavy atom. The summed E-state index contributed by atoms with van der Waals surface area (Å²) in [6.07, 6.45) is 4.73. The molecule has 0 unspecified atom stereocenters. The molecule has 18 heavy (non-hydrogen) atoms. The molecule has 0 saturated heterocycles. The van der Waals surface area contributed by atoms with E-state index in [-0.39, 0.29) is 19.1 Å². The van der Waals surface area contributed by atoms with Crippen molar-refractivity contribution in [3.63, 3.8) is 0 Å². The van der Waals surface area contributed by atoms with Gasteiger partial charge in [-0.3, -0.25) is 4.79 Å². The van der Waals surface area contributed by atoms with Gasteiger partial charge in [-0.15, -0.1) is 0 Å². The Bertz CT molecular complexity index is 392.